The van der Waals surface area contributed by atoms with Crippen molar-refractivity contribution in [2.24, 2.45) is 5.10 Å². The number of carbonyl (C=O) groups is 1. The summed E-state index contributed by atoms with van der Waals surface area (Å²) < 4.78 is 7.56. The fraction of sp³-hybridized carbons (Fsp3) is 0.182. The molecule has 1 aromatic heterocycles. The van der Waals surface area contributed by atoms with Crippen LogP contribution in [0.4, 0.5) is 0 Å². The summed E-state index contributed by atoms with van der Waals surface area (Å²) in [6.45, 7) is 6.08. The van der Waals surface area contributed by atoms with Gasteiger partial charge in [-0.25, -0.2) is 5.43 Å². The number of hydrogen-bond acceptors (Lipinski definition) is 3. The molecule has 0 bridgehead atoms. The number of rotatable bonds is 6. The Labute approximate surface area is 159 Å². The lowest BCUT2D eigenvalue weighted by molar-refractivity contribution is -0.123. The molecule has 3 rings (SSSR count). The van der Waals surface area contributed by atoms with E-state index in [2.05, 4.69) is 53.2 Å². The second-order valence-electron chi connectivity index (χ2n) is 6.39. The van der Waals surface area contributed by atoms with Crippen LogP contribution >= 0.6 is 0 Å². The molecular formula is C22H23N3O2. The van der Waals surface area contributed by atoms with Crippen molar-refractivity contribution >= 4 is 12.1 Å². The van der Waals surface area contributed by atoms with Crippen molar-refractivity contribution in [3.63, 3.8) is 0 Å². The fourth-order valence-corrected chi connectivity index (χ4v) is 2.88. The lowest BCUT2D eigenvalue weighted by Crippen LogP contribution is -2.24. The lowest BCUT2D eigenvalue weighted by atomic mass is 10.2. The Hall–Kier alpha value is -3.34. The van der Waals surface area contributed by atoms with Crippen molar-refractivity contribution in [1.29, 1.82) is 0 Å². The first-order valence-corrected chi connectivity index (χ1v) is 8.80. The van der Waals surface area contributed by atoms with E-state index in [1.165, 1.54) is 5.56 Å². The zero-order chi connectivity index (χ0) is 19.2. The van der Waals surface area contributed by atoms with Gasteiger partial charge in [0.05, 0.1) is 6.21 Å². The van der Waals surface area contributed by atoms with Gasteiger partial charge in [0.15, 0.2) is 6.61 Å². The first kappa shape index (κ1) is 18.5. The number of carbonyl (C=O) groups excluding carboxylic acids is 1. The van der Waals surface area contributed by atoms with Gasteiger partial charge in [0.1, 0.15) is 5.75 Å². The molecule has 0 spiro atoms. The van der Waals surface area contributed by atoms with Crippen molar-refractivity contribution in [1.82, 2.24) is 9.99 Å². The Bertz CT molecular complexity index is 942. The van der Waals surface area contributed by atoms with Crippen LogP contribution in [0.1, 0.15) is 22.5 Å². The Morgan fingerprint density at radius 1 is 1.07 bits per heavy atom. The van der Waals surface area contributed by atoms with Crippen LogP contribution in [-0.4, -0.2) is 23.3 Å². The third-order valence-electron chi connectivity index (χ3n) is 4.27. The third-order valence-corrected chi connectivity index (χ3v) is 4.27. The van der Waals surface area contributed by atoms with E-state index in [0.717, 1.165) is 22.6 Å². The van der Waals surface area contributed by atoms with Gasteiger partial charge >= 0.3 is 0 Å². The van der Waals surface area contributed by atoms with Crippen LogP contribution in [-0.2, 0) is 4.79 Å². The molecule has 2 aromatic carbocycles. The van der Waals surface area contributed by atoms with Crippen molar-refractivity contribution < 1.29 is 9.53 Å². The Kier molecular flexibility index (Phi) is 5.71. The van der Waals surface area contributed by atoms with Gasteiger partial charge in [-0.1, -0.05) is 35.9 Å². The number of amides is 1. The standard InChI is InChI=1S/C22H23N3O2/c1-16-9-11-20(12-10-16)25-17(2)13-19(18(25)3)14-23-24-22(26)15-27-21-7-5-4-6-8-21/h4-14H,15H2,1-3H3,(H,24,26)/b23-14-. The maximum absolute atomic E-state index is 11.9. The first-order chi connectivity index (χ1) is 13.0. The number of hydrogen-bond donors (Lipinski definition) is 1. The SMILES string of the molecule is Cc1ccc(-n2c(C)cc(/C=N\NC(=O)COc3ccccc3)c2C)cc1. The number of ether oxygens (including phenoxy) is 1. The molecule has 0 saturated carbocycles. The molecule has 0 aliphatic carbocycles. The molecular weight excluding hydrogens is 338 g/mol. The van der Waals surface area contributed by atoms with Gasteiger partial charge in [0.2, 0.25) is 0 Å². The van der Waals surface area contributed by atoms with E-state index < -0.39 is 0 Å². The fourth-order valence-electron chi connectivity index (χ4n) is 2.88. The van der Waals surface area contributed by atoms with E-state index >= 15 is 0 Å². The van der Waals surface area contributed by atoms with Gasteiger partial charge in [-0.2, -0.15) is 5.10 Å². The molecule has 3 aromatic rings. The second-order valence-corrected chi connectivity index (χ2v) is 6.39. The molecule has 138 valence electrons. The number of aromatic nitrogens is 1. The van der Waals surface area contributed by atoms with Crippen LogP contribution in [0.3, 0.4) is 0 Å². The minimum absolute atomic E-state index is 0.0796. The van der Waals surface area contributed by atoms with E-state index in [9.17, 15) is 4.79 Å². The molecule has 1 N–H and O–H groups in total. The molecule has 0 atom stereocenters. The van der Waals surface area contributed by atoms with Crippen LogP contribution in [0.15, 0.2) is 65.8 Å². The number of hydrazone groups is 1. The smallest absolute Gasteiger partial charge is 0.277 e. The van der Waals surface area contributed by atoms with Crippen molar-refractivity contribution in [2.75, 3.05) is 6.61 Å². The summed E-state index contributed by atoms with van der Waals surface area (Å²) in [6, 6.07) is 19.6. The quantitative estimate of drug-likeness (QED) is 0.534. The van der Waals surface area contributed by atoms with Gasteiger partial charge in [-0.15, -0.1) is 0 Å². The van der Waals surface area contributed by atoms with Crippen LogP contribution in [0.25, 0.3) is 5.69 Å². The molecule has 0 radical (unpaired) electrons. The molecule has 0 aliphatic rings. The van der Waals surface area contributed by atoms with E-state index in [1.807, 2.05) is 31.2 Å². The van der Waals surface area contributed by atoms with Crippen LogP contribution in [0.5, 0.6) is 5.75 Å². The van der Waals surface area contributed by atoms with Crippen molar-refractivity contribution in [3.8, 4) is 11.4 Å². The highest BCUT2D eigenvalue weighted by atomic mass is 16.5. The average molecular weight is 361 g/mol. The third kappa shape index (κ3) is 4.64. The molecule has 0 saturated heterocycles. The Balaban J connectivity index is 1.63. The number of para-hydroxylation sites is 1. The number of nitrogens with zero attached hydrogens (tertiary/aromatic N) is 2. The Morgan fingerprint density at radius 3 is 2.48 bits per heavy atom. The zero-order valence-electron chi connectivity index (χ0n) is 15.8. The maximum Gasteiger partial charge on any atom is 0.277 e. The van der Waals surface area contributed by atoms with Gasteiger partial charge in [-0.3, -0.25) is 4.79 Å². The maximum atomic E-state index is 11.9. The normalized spacial score (nSPS) is 10.9. The van der Waals surface area contributed by atoms with E-state index in [-0.39, 0.29) is 12.5 Å². The molecule has 5 nitrogen and oxygen atoms in total. The zero-order valence-corrected chi connectivity index (χ0v) is 15.8. The summed E-state index contributed by atoms with van der Waals surface area (Å²) >= 11 is 0. The summed E-state index contributed by atoms with van der Waals surface area (Å²) in [4.78, 5) is 11.9. The number of nitrogens with one attached hydrogen (secondary N) is 1. The highest BCUT2D eigenvalue weighted by molar-refractivity contribution is 5.84. The monoisotopic (exact) mass is 361 g/mol. The highest BCUT2D eigenvalue weighted by Gasteiger charge is 2.09. The summed E-state index contributed by atoms with van der Waals surface area (Å²) in [5.74, 6) is 0.348. The van der Waals surface area contributed by atoms with Gasteiger partial charge < -0.3 is 9.30 Å². The van der Waals surface area contributed by atoms with Crippen LogP contribution in [0.2, 0.25) is 0 Å². The topological polar surface area (TPSA) is 55.6 Å². The predicted octanol–water partition coefficient (Wildman–Crippen LogP) is 3.93. The molecule has 0 aliphatic heterocycles. The second kappa shape index (κ2) is 8.36. The molecule has 0 fully saturated rings. The van der Waals surface area contributed by atoms with Gasteiger partial charge in [0.25, 0.3) is 5.91 Å². The van der Waals surface area contributed by atoms with Crippen LogP contribution < -0.4 is 10.2 Å². The van der Waals surface area contributed by atoms with Crippen LogP contribution in [0, 0.1) is 20.8 Å². The Morgan fingerprint density at radius 2 is 1.78 bits per heavy atom. The largest absolute Gasteiger partial charge is 0.484 e. The molecule has 0 unspecified atom stereocenters. The van der Waals surface area contributed by atoms with Gasteiger partial charge in [-0.05, 0) is 51.1 Å². The van der Waals surface area contributed by atoms with Gasteiger partial charge in [0, 0.05) is 22.6 Å². The van der Waals surface area contributed by atoms with E-state index in [0.29, 0.717) is 5.75 Å². The van der Waals surface area contributed by atoms with Crippen molar-refractivity contribution in [3.05, 3.63) is 83.2 Å². The molecule has 5 heteroatoms. The predicted molar refractivity (Wildman–Crippen MR) is 108 cm³/mol. The average Bonchev–Trinajstić information content (AvgIpc) is 2.95. The number of benzene rings is 2. The first-order valence-electron chi connectivity index (χ1n) is 8.80. The minimum Gasteiger partial charge on any atom is -0.484 e. The van der Waals surface area contributed by atoms with E-state index in [1.54, 1.807) is 18.3 Å². The number of aryl methyl sites for hydroxylation is 2. The summed E-state index contributed by atoms with van der Waals surface area (Å²) in [7, 11) is 0. The highest BCUT2D eigenvalue weighted by Crippen LogP contribution is 2.20. The summed E-state index contributed by atoms with van der Waals surface area (Å²) in [5, 5.41) is 4.06. The molecule has 27 heavy (non-hydrogen) atoms. The lowest BCUT2D eigenvalue weighted by Gasteiger charge is -2.09. The van der Waals surface area contributed by atoms with E-state index in [4.69, 9.17) is 4.74 Å². The molecule has 1 heterocycles. The molecule has 1 amide bonds. The summed E-state index contributed by atoms with van der Waals surface area (Å²) in [6.07, 6.45) is 1.66. The minimum atomic E-state index is -0.303. The summed E-state index contributed by atoms with van der Waals surface area (Å²) in [5.41, 5.74) is 7.96. The van der Waals surface area contributed by atoms with Crippen molar-refractivity contribution in [2.45, 2.75) is 20.8 Å².